The summed E-state index contributed by atoms with van der Waals surface area (Å²) in [5.41, 5.74) is 6.03. The fourth-order valence-corrected chi connectivity index (χ4v) is 1.74. The van der Waals surface area contributed by atoms with Gasteiger partial charge in [0.1, 0.15) is 11.9 Å². The number of hydrogen-bond donors (Lipinski definition) is 2. The van der Waals surface area contributed by atoms with Gasteiger partial charge in [0.2, 0.25) is 5.91 Å². The molecule has 0 aliphatic rings. The zero-order valence-corrected chi connectivity index (χ0v) is 9.51. The zero-order chi connectivity index (χ0) is 13.1. The standard InChI is InChI=1S/C14H12FNO2/c15-12-7-2-1-6-11(12)13(17)9-4-3-5-10(8-9)14(16)18/h1-8,13,17H,(H2,16,18). The van der Waals surface area contributed by atoms with Gasteiger partial charge in [0.05, 0.1) is 0 Å². The van der Waals surface area contributed by atoms with E-state index in [2.05, 4.69) is 0 Å². The predicted molar refractivity (Wildman–Crippen MR) is 65.4 cm³/mol. The lowest BCUT2D eigenvalue weighted by Gasteiger charge is -2.12. The van der Waals surface area contributed by atoms with Crippen molar-refractivity contribution in [3.05, 3.63) is 71.0 Å². The molecular weight excluding hydrogens is 233 g/mol. The second-order valence-corrected chi connectivity index (χ2v) is 3.91. The molecule has 0 saturated carbocycles. The molecule has 0 aliphatic heterocycles. The molecule has 0 saturated heterocycles. The van der Waals surface area contributed by atoms with Crippen LogP contribution < -0.4 is 5.73 Å². The summed E-state index contributed by atoms with van der Waals surface area (Å²) in [7, 11) is 0. The Labute approximate surface area is 104 Å². The molecule has 2 rings (SSSR count). The Bertz CT molecular complexity index is 584. The van der Waals surface area contributed by atoms with E-state index >= 15 is 0 Å². The fraction of sp³-hybridized carbons (Fsp3) is 0.0714. The Morgan fingerprint density at radius 2 is 1.89 bits per heavy atom. The number of aliphatic hydroxyl groups is 1. The molecule has 0 radical (unpaired) electrons. The summed E-state index contributed by atoms with van der Waals surface area (Å²) in [6.07, 6.45) is -1.12. The molecule has 92 valence electrons. The number of carbonyl (C=O) groups excluding carboxylic acids is 1. The highest BCUT2D eigenvalue weighted by Crippen LogP contribution is 2.24. The van der Waals surface area contributed by atoms with Gasteiger partial charge in [0, 0.05) is 11.1 Å². The van der Waals surface area contributed by atoms with Crippen molar-refractivity contribution in [2.24, 2.45) is 5.73 Å². The minimum absolute atomic E-state index is 0.166. The van der Waals surface area contributed by atoms with Gasteiger partial charge in [-0.05, 0) is 23.8 Å². The lowest BCUT2D eigenvalue weighted by atomic mass is 9.99. The maximum atomic E-state index is 13.5. The largest absolute Gasteiger partial charge is 0.384 e. The number of primary amides is 1. The van der Waals surface area contributed by atoms with E-state index < -0.39 is 17.8 Å². The molecule has 18 heavy (non-hydrogen) atoms. The van der Waals surface area contributed by atoms with E-state index in [0.29, 0.717) is 5.56 Å². The Morgan fingerprint density at radius 1 is 1.17 bits per heavy atom. The zero-order valence-electron chi connectivity index (χ0n) is 9.51. The van der Waals surface area contributed by atoms with Crippen molar-refractivity contribution in [1.82, 2.24) is 0 Å². The van der Waals surface area contributed by atoms with Crippen molar-refractivity contribution in [3.8, 4) is 0 Å². The van der Waals surface area contributed by atoms with Crippen LogP contribution >= 0.6 is 0 Å². The second-order valence-electron chi connectivity index (χ2n) is 3.91. The van der Waals surface area contributed by atoms with Crippen LogP contribution in [-0.2, 0) is 0 Å². The Kier molecular flexibility index (Phi) is 3.39. The quantitative estimate of drug-likeness (QED) is 0.868. The first-order valence-electron chi connectivity index (χ1n) is 5.42. The Morgan fingerprint density at radius 3 is 2.56 bits per heavy atom. The second kappa shape index (κ2) is 4.98. The normalized spacial score (nSPS) is 12.1. The van der Waals surface area contributed by atoms with E-state index in [1.54, 1.807) is 30.3 Å². The SMILES string of the molecule is NC(=O)c1cccc(C(O)c2ccccc2F)c1. The molecule has 3 N–H and O–H groups in total. The number of rotatable bonds is 3. The van der Waals surface area contributed by atoms with Crippen molar-refractivity contribution in [2.45, 2.75) is 6.10 Å². The Balaban J connectivity index is 2.40. The molecule has 1 amide bonds. The van der Waals surface area contributed by atoms with Gasteiger partial charge in [-0.2, -0.15) is 0 Å². The third kappa shape index (κ3) is 2.38. The first-order valence-corrected chi connectivity index (χ1v) is 5.42. The minimum atomic E-state index is -1.12. The summed E-state index contributed by atoms with van der Waals surface area (Å²) >= 11 is 0. The average molecular weight is 245 g/mol. The summed E-state index contributed by atoms with van der Waals surface area (Å²) < 4.78 is 13.5. The smallest absolute Gasteiger partial charge is 0.248 e. The van der Waals surface area contributed by atoms with Crippen LogP contribution in [0.3, 0.4) is 0 Å². The summed E-state index contributed by atoms with van der Waals surface area (Å²) in [4.78, 5) is 11.0. The van der Waals surface area contributed by atoms with Crippen LogP contribution in [0.5, 0.6) is 0 Å². The van der Waals surface area contributed by atoms with Crippen LogP contribution in [0.4, 0.5) is 4.39 Å². The van der Waals surface area contributed by atoms with Crippen LogP contribution in [0.25, 0.3) is 0 Å². The highest BCUT2D eigenvalue weighted by Gasteiger charge is 2.15. The number of halogens is 1. The van der Waals surface area contributed by atoms with Gasteiger partial charge in [0.15, 0.2) is 0 Å². The van der Waals surface area contributed by atoms with Gasteiger partial charge in [-0.1, -0.05) is 30.3 Å². The maximum absolute atomic E-state index is 13.5. The van der Waals surface area contributed by atoms with Gasteiger partial charge in [-0.15, -0.1) is 0 Å². The highest BCUT2D eigenvalue weighted by atomic mass is 19.1. The van der Waals surface area contributed by atoms with Gasteiger partial charge in [-0.3, -0.25) is 4.79 Å². The maximum Gasteiger partial charge on any atom is 0.248 e. The summed E-state index contributed by atoms with van der Waals surface area (Å²) in [6, 6.07) is 12.2. The van der Waals surface area contributed by atoms with Crippen LogP contribution in [0.2, 0.25) is 0 Å². The third-order valence-corrected chi connectivity index (χ3v) is 2.69. The molecule has 0 fully saturated rings. The molecule has 4 heteroatoms. The molecule has 0 bridgehead atoms. The van der Waals surface area contributed by atoms with E-state index in [0.717, 1.165) is 0 Å². The molecular formula is C14H12FNO2. The predicted octanol–water partition coefficient (Wildman–Crippen LogP) is 2.01. The summed E-state index contributed by atoms with van der Waals surface area (Å²) in [5.74, 6) is -1.08. The van der Waals surface area contributed by atoms with Gasteiger partial charge >= 0.3 is 0 Å². The van der Waals surface area contributed by atoms with Gasteiger partial charge < -0.3 is 10.8 Å². The lowest BCUT2D eigenvalue weighted by molar-refractivity contribution is 0.1000. The number of aliphatic hydroxyl groups excluding tert-OH is 1. The molecule has 0 heterocycles. The molecule has 3 nitrogen and oxygen atoms in total. The van der Waals surface area contributed by atoms with Gasteiger partial charge in [0.25, 0.3) is 0 Å². The van der Waals surface area contributed by atoms with Crippen LogP contribution in [0.1, 0.15) is 27.6 Å². The number of benzene rings is 2. The van der Waals surface area contributed by atoms with Crippen molar-refractivity contribution in [2.75, 3.05) is 0 Å². The molecule has 1 unspecified atom stereocenters. The van der Waals surface area contributed by atoms with Crippen molar-refractivity contribution < 1.29 is 14.3 Å². The third-order valence-electron chi connectivity index (χ3n) is 2.69. The van der Waals surface area contributed by atoms with Crippen LogP contribution in [-0.4, -0.2) is 11.0 Å². The fourth-order valence-electron chi connectivity index (χ4n) is 1.74. The molecule has 0 spiro atoms. The topological polar surface area (TPSA) is 63.3 Å². The van der Waals surface area contributed by atoms with Crippen LogP contribution in [0.15, 0.2) is 48.5 Å². The highest BCUT2D eigenvalue weighted by molar-refractivity contribution is 5.92. The van der Waals surface area contributed by atoms with E-state index in [4.69, 9.17) is 5.73 Å². The first kappa shape index (κ1) is 12.3. The number of nitrogens with two attached hydrogens (primary N) is 1. The van der Waals surface area contributed by atoms with E-state index in [1.165, 1.54) is 18.2 Å². The summed E-state index contributed by atoms with van der Waals surface area (Å²) in [6.45, 7) is 0. The Hall–Kier alpha value is -2.20. The van der Waals surface area contributed by atoms with Crippen molar-refractivity contribution >= 4 is 5.91 Å². The number of carbonyl (C=O) groups is 1. The number of amides is 1. The van der Waals surface area contributed by atoms with Crippen molar-refractivity contribution in [1.29, 1.82) is 0 Å². The lowest BCUT2D eigenvalue weighted by Crippen LogP contribution is -2.12. The van der Waals surface area contributed by atoms with E-state index in [9.17, 15) is 14.3 Å². The summed E-state index contributed by atoms with van der Waals surface area (Å²) in [5, 5.41) is 10.1. The van der Waals surface area contributed by atoms with E-state index in [-0.39, 0.29) is 11.1 Å². The molecule has 0 aliphatic carbocycles. The molecule has 1 atom stereocenters. The average Bonchev–Trinajstić information content (AvgIpc) is 2.38. The molecule has 2 aromatic carbocycles. The monoisotopic (exact) mass is 245 g/mol. The first-order chi connectivity index (χ1) is 8.59. The van der Waals surface area contributed by atoms with Crippen LogP contribution in [0, 0.1) is 5.82 Å². The van der Waals surface area contributed by atoms with Crippen molar-refractivity contribution in [3.63, 3.8) is 0 Å². The van der Waals surface area contributed by atoms with E-state index in [1.807, 2.05) is 0 Å². The molecule has 0 aromatic heterocycles. The molecule has 2 aromatic rings. The minimum Gasteiger partial charge on any atom is -0.384 e. The number of hydrogen-bond acceptors (Lipinski definition) is 2. The van der Waals surface area contributed by atoms with Gasteiger partial charge in [-0.25, -0.2) is 4.39 Å².